The van der Waals surface area contributed by atoms with E-state index in [0.717, 1.165) is 0 Å². The zero-order valence-corrected chi connectivity index (χ0v) is 10.7. The summed E-state index contributed by atoms with van der Waals surface area (Å²) in [4.78, 5) is 11.2. The Labute approximate surface area is 113 Å². The van der Waals surface area contributed by atoms with Gasteiger partial charge in [-0.15, -0.1) is 11.6 Å². The zero-order valence-electron chi connectivity index (χ0n) is 9.95. The first-order valence-electron chi connectivity index (χ1n) is 5.15. The average molecular weight is 290 g/mol. The molecule has 0 spiro atoms. The molecule has 0 aromatic heterocycles. The molecule has 0 aliphatic rings. The summed E-state index contributed by atoms with van der Waals surface area (Å²) >= 11 is 5.65. The number of hydrogen-bond donors (Lipinski definition) is 0. The fourth-order valence-electron chi connectivity index (χ4n) is 1.52. The van der Waals surface area contributed by atoms with Gasteiger partial charge in [-0.25, -0.2) is 0 Å². The second-order valence-electron chi connectivity index (χ2n) is 3.46. The van der Waals surface area contributed by atoms with E-state index in [1.807, 2.05) is 6.07 Å². The Balaban J connectivity index is 3.30. The number of ether oxygens (including phenoxy) is 2. The molecule has 0 radical (unpaired) electrons. The van der Waals surface area contributed by atoms with E-state index in [0.29, 0.717) is 0 Å². The van der Waals surface area contributed by atoms with Gasteiger partial charge in [0, 0.05) is 11.1 Å². The van der Waals surface area contributed by atoms with Crippen LogP contribution in [0.1, 0.15) is 16.7 Å². The van der Waals surface area contributed by atoms with Crippen molar-refractivity contribution in [3.8, 4) is 11.8 Å². The van der Waals surface area contributed by atoms with Crippen molar-refractivity contribution in [3.05, 3.63) is 28.8 Å². The predicted octanol–water partition coefficient (Wildman–Crippen LogP) is 2.61. The number of nitrogens with zero attached hydrogens (tertiary/aromatic N) is 1. The number of esters is 1. The van der Waals surface area contributed by atoms with Crippen LogP contribution in [0.4, 0.5) is 8.78 Å². The summed E-state index contributed by atoms with van der Waals surface area (Å²) in [7, 11) is 1.18. The van der Waals surface area contributed by atoms with Crippen LogP contribution in [0.5, 0.6) is 5.75 Å². The monoisotopic (exact) mass is 289 g/mol. The van der Waals surface area contributed by atoms with E-state index < -0.39 is 12.6 Å². The summed E-state index contributed by atoms with van der Waals surface area (Å²) in [6, 6.07) is 4.59. The lowest BCUT2D eigenvalue weighted by Gasteiger charge is -2.14. The number of carbonyl (C=O) groups is 1. The van der Waals surface area contributed by atoms with Gasteiger partial charge in [0.05, 0.1) is 31.0 Å². The number of rotatable bonds is 5. The topological polar surface area (TPSA) is 59.3 Å². The molecule has 0 fully saturated rings. The fourth-order valence-corrected chi connectivity index (χ4v) is 1.78. The summed E-state index contributed by atoms with van der Waals surface area (Å²) in [6.07, 6.45) is -0.242. The highest BCUT2D eigenvalue weighted by Crippen LogP contribution is 2.30. The lowest BCUT2D eigenvalue weighted by molar-refractivity contribution is -0.139. The van der Waals surface area contributed by atoms with Crippen LogP contribution in [-0.2, 0) is 21.8 Å². The van der Waals surface area contributed by atoms with Gasteiger partial charge in [0.1, 0.15) is 5.75 Å². The number of alkyl halides is 3. The fraction of sp³-hybridized carbons (Fsp3) is 0.333. The Kier molecular flexibility index (Phi) is 5.52. The number of benzene rings is 1. The summed E-state index contributed by atoms with van der Waals surface area (Å²) in [5.74, 6) is -1.03. The van der Waals surface area contributed by atoms with Crippen molar-refractivity contribution in [2.75, 3.05) is 7.11 Å². The Bertz CT molecular complexity index is 514. The molecule has 0 amide bonds. The van der Waals surface area contributed by atoms with E-state index in [-0.39, 0.29) is 34.7 Å². The molecule has 7 heteroatoms. The molecule has 0 aliphatic carbocycles. The van der Waals surface area contributed by atoms with Gasteiger partial charge in [-0.2, -0.15) is 14.0 Å². The van der Waals surface area contributed by atoms with Crippen molar-refractivity contribution in [2.45, 2.75) is 18.9 Å². The third-order valence-electron chi connectivity index (χ3n) is 2.37. The van der Waals surface area contributed by atoms with Crippen molar-refractivity contribution in [1.29, 1.82) is 5.26 Å². The second kappa shape index (κ2) is 6.90. The maximum absolute atomic E-state index is 12.4. The van der Waals surface area contributed by atoms with Crippen molar-refractivity contribution in [1.82, 2.24) is 0 Å². The Morgan fingerprint density at radius 2 is 2.21 bits per heavy atom. The van der Waals surface area contributed by atoms with Gasteiger partial charge in [0.15, 0.2) is 0 Å². The molecule has 0 saturated carbocycles. The molecule has 0 aliphatic heterocycles. The lowest BCUT2D eigenvalue weighted by atomic mass is 10.0. The molecule has 0 bridgehead atoms. The highest BCUT2D eigenvalue weighted by Gasteiger charge is 2.19. The molecule has 0 N–H and O–H groups in total. The van der Waals surface area contributed by atoms with Crippen LogP contribution < -0.4 is 4.74 Å². The van der Waals surface area contributed by atoms with Crippen molar-refractivity contribution in [3.63, 3.8) is 0 Å². The molecule has 19 heavy (non-hydrogen) atoms. The van der Waals surface area contributed by atoms with Gasteiger partial charge in [0.2, 0.25) is 0 Å². The van der Waals surface area contributed by atoms with Crippen LogP contribution >= 0.6 is 11.6 Å². The molecular formula is C12H10ClF2NO3. The van der Waals surface area contributed by atoms with E-state index in [1.54, 1.807) is 0 Å². The number of carbonyl (C=O) groups excluding carboxylic acids is 1. The van der Waals surface area contributed by atoms with Gasteiger partial charge < -0.3 is 9.47 Å². The number of nitriles is 1. The second-order valence-corrected chi connectivity index (χ2v) is 3.72. The molecule has 0 heterocycles. The number of hydrogen-bond acceptors (Lipinski definition) is 4. The van der Waals surface area contributed by atoms with E-state index in [2.05, 4.69) is 9.47 Å². The minimum atomic E-state index is -3.08. The lowest BCUT2D eigenvalue weighted by Crippen LogP contribution is -2.11. The standard InChI is InChI=1S/C12H10ClF2NO3/c1-18-10(17)4-7-2-3-8(6-16)9(5-13)11(7)19-12(14)15/h2-3,12H,4-5H2,1H3. The molecule has 0 atom stereocenters. The van der Waals surface area contributed by atoms with Crippen LogP contribution in [0.2, 0.25) is 0 Å². The first-order valence-corrected chi connectivity index (χ1v) is 5.69. The minimum absolute atomic E-state index is 0.124. The molecule has 0 unspecified atom stereocenters. The quantitative estimate of drug-likeness (QED) is 0.617. The number of methoxy groups -OCH3 is 1. The predicted molar refractivity (Wildman–Crippen MR) is 63.1 cm³/mol. The molecule has 1 aromatic rings. The molecular weight excluding hydrogens is 280 g/mol. The maximum Gasteiger partial charge on any atom is 0.387 e. The third kappa shape index (κ3) is 3.80. The molecule has 4 nitrogen and oxygen atoms in total. The van der Waals surface area contributed by atoms with Gasteiger partial charge in [-0.3, -0.25) is 4.79 Å². The van der Waals surface area contributed by atoms with Crippen LogP contribution in [0.15, 0.2) is 12.1 Å². The highest BCUT2D eigenvalue weighted by molar-refractivity contribution is 6.17. The zero-order chi connectivity index (χ0) is 14.4. The molecule has 1 aromatic carbocycles. The van der Waals surface area contributed by atoms with Crippen LogP contribution in [0.3, 0.4) is 0 Å². The smallest absolute Gasteiger partial charge is 0.387 e. The summed E-state index contributed by atoms with van der Waals surface area (Å²) in [6.45, 7) is -3.08. The Morgan fingerprint density at radius 1 is 1.53 bits per heavy atom. The minimum Gasteiger partial charge on any atom is -0.469 e. The van der Waals surface area contributed by atoms with Crippen LogP contribution in [0.25, 0.3) is 0 Å². The maximum atomic E-state index is 12.4. The van der Waals surface area contributed by atoms with Crippen molar-refractivity contribution in [2.24, 2.45) is 0 Å². The third-order valence-corrected chi connectivity index (χ3v) is 2.63. The van der Waals surface area contributed by atoms with Crippen molar-refractivity contribution >= 4 is 17.6 Å². The Hall–Kier alpha value is -1.87. The van der Waals surface area contributed by atoms with E-state index >= 15 is 0 Å². The van der Waals surface area contributed by atoms with Gasteiger partial charge >= 0.3 is 12.6 Å². The summed E-state index contributed by atoms with van der Waals surface area (Å²) in [5.41, 5.74) is 0.451. The van der Waals surface area contributed by atoms with E-state index in [4.69, 9.17) is 16.9 Å². The number of halogens is 3. The normalized spacial score (nSPS) is 10.1. The highest BCUT2D eigenvalue weighted by atomic mass is 35.5. The van der Waals surface area contributed by atoms with Crippen LogP contribution in [0, 0.1) is 11.3 Å². The molecule has 0 saturated heterocycles. The van der Waals surface area contributed by atoms with E-state index in [9.17, 15) is 13.6 Å². The Morgan fingerprint density at radius 3 is 2.68 bits per heavy atom. The summed E-state index contributed by atoms with van der Waals surface area (Å²) in [5, 5.41) is 8.88. The van der Waals surface area contributed by atoms with E-state index in [1.165, 1.54) is 19.2 Å². The largest absolute Gasteiger partial charge is 0.469 e. The SMILES string of the molecule is COC(=O)Cc1ccc(C#N)c(CCl)c1OC(F)F. The van der Waals surface area contributed by atoms with Crippen LogP contribution in [-0.4, -0.2) is 19.7 Å². The van der Waals surface area contributed by atoms with Gasteiger partial charge in [-0.1, -0.05) is 6.07 Å². The average Bonchev–Trinajstić information content (AvgIpc) is 2.39. The first-order chi connectivity index (χ1) is 9.03. The van der Waals surface area contributed by atoms with Gasteiger partial charge in [-0.05, 0) is 6.07 Å². The summed E-state index contributed by atoms with van der Waals surface area (Å²) < 4.78 is 33.7. The van der Waals surface area contributed by atoms with Gasteiger partial charge in [0.25, 0.3) is 0 Å². The molecule has 102 valence electrons. The first kappa shape index (κ1) is 15.2. The molecule has 1 rings (SSSR count). The van der Waals surface area contributed by atoms with Crippen molar-refractivity contribution < 1.29 is 23.0 Å².